The summed E-state index contributed by atoms with van der Waals surface area (Å²) in [7, 11) is 0. The van der Waals surface area contributed by atoms with Gasteiger partial charge in [-0.1, -0.05) is 56.3 Å². The smallest absolute Gasteiger partial charge is 0.230 e. The molecule has 1 N–H and O–H groups in total. The first-order valence-corrected chi connectivity index (χ1v) is 9.30. The third-order valence-corrected chi connectivity index (χ3v) is 4.25. The van der Waals surface area contributed by atoms with Gasteiger partial charge in [0.15, 0.2) is 11.6 Å². The van der Waals surface area contributed by atoms with Crippen LogP contribution in [-0.4, -0.2) is 21.8 Å². The van der Waals surface area contributed by atoms with Crippen molar-refractivity contribution in [2.45, 2.75) is 32.6 Å². The number of benzene rings is 1. The van der Waals surface area contributed by atoms with Gasteiger partial charge in [-0.15, -0.1) is 0 Å². The fraction of sp³-hybridized carbons (Fsp3) is 0.217. The molecule has 3 rings (SSSR count). The number of amides is 1. The lowest BCUT2D eigenvalue weighted by atomic mass is 9.93. The van der Waals surface area contributed by atoms with Gasteiger partial charge in [-0.25, -0.2) is 0 Å². The van der Waals surface area contributed by atoms with Gasteiger partial charge < -0.3 is 9.84 Å². The Morgan fingerprint density at radius 3 is 2.38 bits per heavy atom. The molecule has 0 bridgehead atoms. The van der Waals surface area contributed by atoms with Crippen molar-refractivity contribution < 1.29 is 14.1 Å². The van der Waals surface area contributed by atoms with Crippen molar-refractivity contribution >= 4 is 23.6 Å². The number of nitrogens with one attached hydrogen (secondary N) is 1. The number of aromatic nitrogens is 2. The zero-order chi connectivity index (χ0) is 20.9. The van der Waals surface area contributed by atoms with E-state index in [9.17, 15) is 9.59 Å². The van der Waals surface area contributed by atoms with Gasteiger partial charge >= 0.3 is 0 Å². The summed E-state index contributed by atoms with van der Waals surface area (Å²) in [5.74, 6) is 0.800. The zero-order valence-electron chi connectivity index (χ0n) is 16.7. The van der Waals surface area contributed by atoms with E-state index >= 15 is 0 Å². The van der Waals surface area contributed by atoms with Gasteiger partial charge in [-0.2, -0.15) is 0 Å². The predicted molar refractivity (Wildman–Crippen MR) is 112 cm³/mol. The van der Waals surface area contributed by atoms with Gasteiger partial charge in [0.2, 0.25) is 5.91 Å². The van der Waals surface area contributed by atoms with Gasteiger partial charge in [0.1, 0.15) is 5.76 Å². The molecule has 0 aliphatic heterocycles. The van der Waals surface area contributed by atoms with Gasteiger partial charge in [-0.3, -0.25) is 14.6 Å². The Morgan fingerprint density at radius 2 is 1.76 bits per heavy atom. The highest BCUT2D eigenvalue weighted by molar-refractivity contribution is 6.06. The quantitative estimate of drug-likeness (QED) is 0.497. The highest BCUT2D eigenvalue weighted by Crippen LogP contribution is 2.24. The third kappa shape index (κ3) is 5.72. The number of nitrogens with zero attached hydrogens (tertiary/aromatic N) is 2. The van der Waals surface area contributed by atoms with Crippen LogP contribution in [0.4, 0.5) is 5.82 Å². The minimum Gasteiger partial charge on any atom is -0.359 e. The Kier molecular flexibility index (Phi) is 6.02. The van der Waals surface area contributed by atoms with Crippen molar-refractivity contribution in [3.63, 3.8) is 0 Å². The monoisotopic (exact) mass is 389 g/mol. The number of anilines is 1. The van der Waals surface area contributed by atoms with E-state index in [2.05, 4.69) is 15.5 Å². The minimum atomic E-state index is -0.199. The molecule has 0 fully saturated rings. The lowest BCUT2D eigenvalue weighted by Gasteiger charge is -2.12. The SMILES string of the molecule is CC(C)(C)c1cc(NC(=O)Cc2ccc(C(=O)C=Cc3ccncc3)cc2)no1. The van der Waals surface area contributed by atoms with Gasteiger partial charge in [0, 0.05) is 29.4 Å². The molecule has 0 aliphatic rings. The first kappa shape index (κ1) is 20.2. The van der Waals surface area contributed by atoms with Crippen LogP contribution < -0.4 is 5.32 Å². The number of ketones is 1. The molecule has 3 aromatic rings. The molecule has 0 saturated heterocycles. The topological polar surface area (TPSA) is 85.1 Å². The first-order chi connectivity index (χ1) is 13.8. The highest BCUT2D eigenvalue weighted by atomic mass is 16.5. The Balaban J connectivity index is 1.57. The molecule has 0 aliphatic carbocycles. The summed E-state index contributed by atoms with van der Waals surface area (Å²) in [5, 5.41) is 6.62. The summed E-state index contributed by atoms with van der Waals surface area (Å²) in [6.07, 6.45) is 6.79. The molecule has 6 heteroatoms. The lowest BCUT2D eigenvalue weighted by Crippen LogP contribution is -2.15. The number of carbonyl (C=O) groups excluding carboxylic acids is 2. The van der Waals surface area contributed by atoms with Crippen molar-refractivity contribution in [2.75, 3.05) is 5.32 Å². The van der Waals surface area contributed by atoms with E-state index < -0.39 is 0 Å². The molecule has 0 spiro atoms. The van der Waals surface area contributed by atoms with E-state index in [4.69, 9.17) is 4.52 Å². The van der Waals surface area contributed by atoms with Crippen LogP contribution in [0.5, 0.6) is 0 Å². The van der Waals surface area contributed by atoms with Crippen molar-refractivity contribution in [1.82, 2.24) is 10.1 Å². The standard InChI is InChI=1S/C23H23N3O3/c1-23(2,3)20-15-21(26-29-20)25-22(28)14-17-4-7-18(8-5-17)19(27)9-6-16-10-12-24-13-11-16/h4-13,15H,14H2,1-3H3,(H,25,26,28). The number of hydrogen-bond donors (Lipinski definition) is 1. The minimum absolute atomic E-state index is 0.102. The number of allylic oxidation sites excluding steroid dienone is 1. The maximum Gasteiger partial charge on any atom is 0.230 e. The molecule has 1 aromatic carbocycles. The average Bonchev–Trinajstić information content (AvgIpc) is 3.16. The van der Waals surface area contributed by atoms with Gasteiger partial charge in [0.05, 0.1) is 6.42 Å². The average molecular weight is 389 g/mol. The van der Waals surface area contributed by atoms with Crippen molar-refractivity contribution in [3.05, 3.63) is 83.4 Å². The van der Waals surface area contributed by atoms with Crippen LogP contribution in [0.3, 0.4) is 0 Å². The molecule has 0 radical (unpaired) electrons. The second kappa shape index (κ2) is 8.65. The lowest BCUT2D eigenvalue weighted by molar-refractivity contribution is -0.115. The molecule has 1 amide bonds. The number of pyridine rings is 1. The Labute approximate surface area is 169 Å². The Bertz CT molecular complexity index is 1010. The molecular formula is C23H23N3O3. The van der Waals surface area contributed by atoms with Crippen LogP contribution in [0.1, 0.15) is 48.0 Å². The molecular weight excluding hydrogens is 366 g/mol. The molecule has 2 heterocycles. The van der Waals surface area contributed by atoms with Crippen LogP contribution >= 0.6 is 0 Å². The Morgan fingerprint density at radius 1 is 1.07 bits per heavy atom. The van der Waals surface area contributed by atoms with Crippen LogP contribution in [0, 0.1) is 0 Å². The van der Waals surface area contributed by atoms with Crippen molar-refractivity contribution in [1.29, 1.82) is 0 Å². The molecule has 0 saturated carbocycles. The predicted octanol–water partition coefficient (Wildman–Crippen LogP) is 4.44. The molecule has 148 valence electrons. The van der Waals surface area contributed by atoms with E-state index in [1.807, 2.05) is 32.9 Å². The zero-order valence-corrected chi connectivity index (χ0v) is 16.7. The van der Waals surface area contributed by atoms with E-state index in [0.717, 1.165) is 11.1 Å². The van der Waals surface area contributed by atoms with E-state index in [1.54, 1.807) is 48.8 Å². The number of carbonyl (C=O) groups is 2. The van der Waals surface area contributed by atoms with E-state index in [1.165, 1.54) is 6.08 Å². The maximum absolute atomic E-state index is 12.3. The van der Waals surface area contributed by atoms with Crippen LogP contribution in [0.2, 0.25) is 0 Å². The molecule has 0 unspecified atom stereocenters. The van der Waals surface area contributed by atoms with Gasteiger partial charge in [-0.05, 0) is 29.3 Å². The number of hydrogen-bond acceptors (Lipinski definition) is 5. The van der Waals surface area contributed by atoms with E-state index in [0.29, 0.717) is 17.1 Å². The maximum atomic E-state index is 12.3. The summed E-state index contributed by atoms with van der Waals surface area (Å²) < 4.78 is 5.27. The third-order valence-electron chi connectivity index (χ3n) is 4.25. The number of rotatable bonds is 6. The molecule has 29 heavy (non-hydrogen) atoms. The van der Waals surface area contributed by atoms with Crippen molar-refractivity contribution in [2.24, 2.45) is 0 Å². The summed E-state index contributed by atoms with van der Waals surface area (Å²) >= 11 is 0. The van der Waals surface area contributed by atoms with Crippen LogP contribution in [0.15, 0.2) is 65.5 Å². The second-order valence-corrected chi connectivity index (χ2v) is 7.73. The first-order valence-electron chi connectivity index (χ1n) is 9.30. The van der Waals surface area contributed by atoms with Gasteiger partial charge in [0.25, 0.3) is 0 Å². The fourth-order valence-electron chi connectivity index (χ4n) is 2.59. The van der Waals surface area contributed by atoms with E-state index in [-0.39, 0.29) is 23.5 Å². The molecule has 2 aromatic heterocycles. The van der Waals surface area contributed by atoms with Crippen LogP contribution in [-0.2, 0) is 16.6 Å². The Hall–Kier alpha value is -3.54. The largest absolute Gasteiger partial charge is 0.359 e. The summed E-state index contributed by atoms with van der Waals surface area (Å²) in [5.41, 5.74) is 2.09. The molecule has 0 atom stereocenters. The molecule has 6 nitrogen and oxygen atoms in total. The van der Waals surface area contributed by atoms with Crippen LogP contribution in [0.25, 0.3) is 6.08 Å². The fourth-order valence-corrected chi connectivity index (χ4v) is 2.59. The van der Waals surface area contributed by atoms with Crippen molar-refractivity contribution in [3.8, 4) is 0 Å². The highest BCUT2D eigenvalue weighted by Gasteiger charge is 2.20. The summed E-state index contributed by atoms with van der Waals surface area (Å²) in [6.45, 7) is 6.02. The summed E-state index contributed by atoms with van der Waals surface area (Å²) in [6, 6.07) is 12.4. The summed E-state index contributed by atoms with van der Waals surface area (Å²) in [4.78, 5) is 28.5. The normalized spacial score (nSPS) is 11.6. The second-order valence-electron chi connectivity index (χ2n) is 7.73.